The Morgan fingerprint density at radius 2 is 1.06 bits per heavy atom. The fourth-order valence-corrected chi connectivity index (χ4v) is 5.69. The number of esters is 3. The lowest BCUT2D eigenvalue weighted by Gasteiger charge is -2.25. The van der Waals surface area contributed by atoms with E-state index >= 15 is 0 Å². The molecule has 1 N–H and O–H groups in total. The minimum Gasteiger partial charge on any atom is -0.459 e. The van der Waals surface area contributed by atoms with E-state index in [1.165, 1.54) is 109 Å². The maximum Gasteiger partial charge on any atom is 0.351 e. The molecule has 12 nitrogen and oxygen atoms in total. The minimum atomic E-state index is -1.51. The van der Waals surface area contributed by atoms with Gasteiger partial charge in [-0.3, -0.25) is 9.36 Å². The van der Waals surface area contributed by atoms with Crippen molar-refractivity contribution in [3.63, 3.8) is 0 Å². The predicted octanol–water partition coefficient (Wildman–Crippen LogP) is 7.31. The summed E-state index contributed by atoms with van der Waals surface area (Å²) in [4.78, 5) is 70.2. The van der Waals surface area contributed by atoms with Crippen LogP contribution in [0.1, 0.15) is 47.7 Å². The molecule has 1 aliphatic rings. The van der Waals surface area contributed by atoms with Crippen LogP contribution in [0.15, 0.2) is 114 Å². The van der Waals surface area contributed by atoms with E-state index in [1.807, 2.05) is 0 Å². The van der Waals surface area contributed by atoms with Gasteiger partial charge >= 0.3 is 23.6 Å². The molecule has 4 atom stereocenters. The van der Waals surface area contributed by atoms with E-state index in [4.69, 9.17) is 65.4 Å². The van der Waals surface area contributed by atoms with Crippen molar-refractivity contribution in [3.05, 3.63) is 162 Å². The van der Waals surface area contributed by atoms with Crippen molar-refractivity contribution >= 4 is 76.0 Å². The number of carbonyl (C=O) groups is 4. The van der Waals surface area contributed by atoms with Crippen molar-refractivity contribution in [1.82, 2.24) is 9.55 Å². The van der Waals surface area contributed by atoms with Gasteiger partial charge in [0, 0.05) is 31.9 Å². The Hall–Kier alpha value is -5.24. The monoisotopic (exact) mass is 795 g/mol. The van der Waals surface area contributed by atoms with Gasteiger partial charge in [-0.15, -0.1) is 0 Å². The first-order chi connectivity index (χ1) is 25.4. The van der Waals surface area contributed by atoms with Crippen LogP contribution in [0.4, 0.5) is 5.82 Å². The lowest BCUT2D eigenvalue weighted by Crippen LogP contribution is -2.42. The van der Waals surface area contributed by atoms with E-state index in [0.717, 1.165) is 4.57 Å². The summed E-state index contributed by atoms with van der Waals surface area (Å²) in [6.45, 7) is -0.511. The zero-order chi connectivity index (χ0) is 37.6. The highest BCUT2D eigenvalue weighted by atomic mass is 35.5. The van der Waals surface area contributed by atoms with Gasteiger partial charge in [-0.25, -0.2) is 19.2 Å². The van der Waals surface area contributed by atoms with Gasteiger partial charge in [0.2, 0.25) is 0 Å². The van der Waals surface area contributed by atoms with Crippen LogP contribution in [0.3, 0.4) is 0 Å². The molecule has 270 valence electrons. The fourth-order valence-electron chi connectivity index (χ4n) is 5.18. The Morgan fingerprint density at radius 3 is 1.53 bits per heavy atom. The minimum absolute atomic E-state index is 0.0827. The number of nitrogens with one attached hydrogen (secondary N) is 1. The van der Waals surface area contributed by atoms with E-state index < -0.39 is 60.7 Å². The van der Waals surface area contributed by atoms with Gasteiger partial charge in [-0.2, -0.15) is 4.98 Å². The highest BCUT2D eigenvalue weighted by molar-refractivity contribution is 6.31. The van der Waals surface area contributed by atoms with Gasteiger partial charge in [0.05, 0.1) is 16.7 Å². The second-order valence-corrected chi connectivity index (χ2v) is 13.1. The average molecular weight is 797 g/mol. The fraction of sp³-hybridized carbons (Fsp3) is 0.135. The van der Waals surface area contributed by atoms with Crippen molar-refractivity contribution in [3.8, 4) is 0 Å². The highest BCUT2D eigenvalue weighted by Gasteiger charge is 2.51. The van der Waals surface area contributed by atoms with Crippen molar-refractivity contribution in [2.75, 3.05) is 11.9 Å². The standard InChI is InChI=1S/C37H25Cl4N3O9/c38-24-9-1-20(2-10-24)32(45)42-29-17-18-44(37(49)43-29)33-31(53-36(48)23-7-15-27(41)16-8-23)30(52-35(47)22-5-13-26(40)14-6-22)28(51-33)19-50-34(46)21-3-11-25(39)12-4-21/h1-18,28,30-31,33H,19H2,(H,42,43,45,49)/t28-,30-,31-,33-/m1/s1. The third-order valence-electron chi connectivity index (χ3n) is 7.84. The summed E-state index contributed by atoms with van der Waals surface area (Å²) in [5.74, 6) is -3.15. The van der Waals surface area contributed by atoms with Crippen molar-refractivity contribution < 1.29 is 38.1 Å². The largest absolute Gasteiger partial charge is 0.459 e. The number of nitrogens with zero attached hydrogens (tertiary/aromatic N) is 2. The summed E-state index contributed by atoms with van der Waals surface area (Å²) < 4.78 is 24.5. The van der Waals surface area contributed by atoms with Crippen LogP contribution in [0.25, 0.3) is 0 Å². The third kappa shape index (κ3) is 9.23. The van der Waals surface area contributed by atoms with Gasteiger partial charge in [0.1, 0.15) is 18.5 Å². The molecule has 1 saturated heterocycles. The second-order valence-electron chi connectivity index (χ2n) is 11.4. The van der Waals surface area contributed by atoms with Gasteiger partial charge < -0.3 is 24.3 Å². The Bertz CT molecular complexity index is 2200. The van der Waals surface area contributed by atoms with Gasteiger partial charge in [0.15, 0.2) is 18.4 Å². The molecule has 2 heterocycles. The summed E-state index contributed by atoms with van der Waals surface area (Å²) in [5.41, 5.74) is -0.328. The third-order valence-corrected chi connectivity index (χ3v) is 8.85. The molecule has 4 aromatic carbocycles. The van der Waals surface area contributed by atoms with Crippen LogP contribution < -0.4 is 11.0 Å². The average Bonchev–Trinajstić information content (AvgIpc) is 3.47. The molecular formula is C37H25Cl4N3O9. The topological polar surface area (TPSA) is 152 Å². The number of benzene rings is 4. The van der Waals surface area contributed by atoms with E-state index in [2.05, 4.69) is 10.3 Å². The number of carbonyl (C=O) groups excluding carboxylic acids is 4. The number of ether oxygens (including phenoxy) is 4. The normalized spacial score (nSPS) is 17.8. The lowest BCUT2D eigenvalue weighted by molar-refractivity contribution is -0.0639. The number of amides is 1. The molecular weight excluding hydrogens is 772 g/mol. The zero-order valence-corrected chi connectivity index (χ0v) is 30.0. The highest BCUT2D eigenvalue weighted by Crippen LogP contribution is 2.35. The molecule has 53 heavy (non-hydrogen) atoms. The smallest absolute Gasteiger partial charge is 0.351 e. The number of halogens is 4. The van der Waals surface area contributed by atoms with Crippen LogP contribution in [-0.2, 0) is 18.9 Å². The molecule has 1 aromatic heterocycles. The van der Waals surface area contributed by atoms with E-state index in [-0.39, 0.29) is 28.1 Å². The number of hydrogen-bond donors (Lipinski definition) is 1. The second kappa shape index (κ2) is 16.6. The number of aromatic nitrogens is 2. The van der Waals surface area contributed by atoms with Crippen molar-refractivity contribution in [1.29, 1.82) is 0 Å². The molecule has 16 heteroatoms. The maximum absolute atomic E-state index is 13.5. The number of rotatable bonds is 10. The summed E-state index contributed by atoms with van der Waals surface area (Å²) >= 11 is 23.9. The summed E-state index contributed by atoms with van der Waals surface area (Å²) in [6.07, 6.45) is -4.47. The predicted molar refractivity (Wildman–Crippen MR) is 195 cm³/mol. The molecule has 0 saturated carbocycles. The van der Waals surface area contributed by atoms with Crippen LogP contribution in [0.2, 0.25) is 20.1 Å². The first-order valence-electron chi connectivity index (χ1n) is 15.6. The molecule has 1 aliphatic heterocycles. The van der Waals surface area contributed by atoms with Crippen molar-refractivity contribution in [2.24, 2.45) is 0 Å². The Morgan fingerprint density at radius 1 is 0.623 bits per heavy atom. The van der Waals surface area contributed by atoms with Gasteiger partial charge in [-0.1, -0.05) is 46.4 Å². The molecule has 0 bridgehead atoms. The van der Waals surface area contributed by atoms with Crippen LogP contribution in [0, 0.1) is 0 Å². The first-order valence-corrected chi connectivity index (χ1v) is 17.1. The molecule has 1 amide bonds. The van der Waals surface area contributed by atoms with E-state index in [0.29, 0.717) is 20.1 Å². The zero-order valence-electron chi connectivity index (χ0n) is 27.0. The molecule has 0 aliphatic carbocycles. The first kappa shape index (κ1) is 37.5. The quantitative estimate of drug-likeness (QED) is 0.112. The molecule has 0 radical (unpaired) electrons. The molecule has 6 rings (SSSR count). The molecule has 0 unspecified atom stereocenters. The van der Waals surface area contributed by atoms with Gasteiger partial charge in [0.25, 0.3) is 5.91 Å². The summed E-state index contributed by atoms with van der Waals surface area (Å²) in [5, 5.41) is 4.10. The van der Waals surface area contributed by atoms with Gasteiger partial charge in [-0.05, 0) is 103 Å². The van der Waals surface area contributed by atoms with Crippen molar-refractivity contribution in [2.45, 2.75) is 24.5 Å². The van der Waals surface area contributed by atoms with E-state index in [1.54, 1.807) is 0 Å². The number of anilines is 1. The molecule has 5 aromatic rings. The Kier molecular flexibility index (Phi) is 11.8. The Labute approximate surface area is 321 Å². The molecule has 0 spiro atoms. The number of hydrogen-bond acceptors (Lipinski definition) is 10. The Balaban J connectivity index is 1.33. The SMILES string of the molecule is O=C(Nc1ccn([C@@H]2O[C@H](COC(=O)c3ccc(Cl)cc3)[C@@H](OC(=O)c3ccc(Cl)cc3)[C@H]2OC(=O)c2ccc(Cl)cc2)c(=O)n1)c1ccc(Cl)cc1. The molecule has 1 fully saturated rings. The van der Waals surface area contributed by atoms with Crippen LogP contribution in [0.5, 0.6) is 0 Å². The van der Waals surface area contributed by atoms with E-state index in [9.17, 15) is 24.0 Å². The summed E-state index contributed by atoms with van der Waals surface area (Å²) in [7, 11) is 0. The lowest BCUT2D eigenvalue weighted by atomic mass is 10.1. The van der Waals surface area contributed by atoms with Crippen LogP contribution in [-0.4, -0.2) is 58.3 Å². The van der Waals surface area contributed by atoms with Crippen LogP contribution >= 0.6 is 46.4 Å². The summed E-state index contributed by atoms with van der Waals surface area (Å²) in [6, 6.07) is 24.9. The maximum atomic E-state index is 13.5.